The maximum Gasteiger partial charge on any atom is 0.148 e. The molecule has 0 amide bonds. The fraction of sp³-hybridized carbons (Fsp3) is 0.154. The first-order chi connectivity index (χ1) is 7.74. The molecule has 1 heterocycles. The third-order valence-corrected chi connectivity index (χ3v) is 2.82. The van der Waals surface area contributed by atoms with Gasteiger partial charge in [0.1, 0.15) is 17.0 Å². The van der Waals surface area contributed by atoms with Crippen molar-refractivity contribution in [3.63, 3.8) is 0 Å². The Labute approximate surface area is 99.5 Å². The van der Waals surface area contributed by atoms with Crippen LogP contribution < -0.4 is 4.74 Å². The summed E-state index contributed by atoms with van der Waals surface area (Å²) in [5.74, 6) is 3.20. The summed E-state index contributed by atoms with van der Waals surface area (Å²) in [4.78, 5) is 0. The Morgan fingerprint density at radius 3 is 2.94 bits per heavy atom. The highest BCUT2D eigenvalue weighted by Crippen LogP contribution is 2.25. The Kier molecular flexibility index (Phi) is 2.93. The highest BCUT2D eigenvalue weighted by Gasteiger charge is 2.04. The van der Waals surface area contributed by atoms with Crippen LogP contribution in [0.25, 0.3) is 10.9 Å². The third kappa shape index (κ3) is 1.80. The number of para-hydroxylation sites is 1. The lowest BCUT2D eigenvalue weighted by Gasteiger charge is -2.10. The molecule has 0 fully saturated rings. The molecule has 0 spiro atoms. The van der Waals surface area contributed by atoms with E-state index in [1.54, 1.807) is 0 Å². The topological polar surface area (TPSA) is 14.2 Å². The van der Waals surface area contributed by atoms with Crippen molar-refractivity contribution in [2.75, 3.05) is 6.61 Å². The van der Waals surface area contributed by atoms with Gasteiger partial charge in [0, 0.05) is 18.5 Å². The lowest BCUT2D eigenvalue weighted by molar-refractivity contribution is 0.374. The largest absolute Gasteiger partial charge is 0.480 e. The van der Waals surface area contributed by atoms with Gasteiger partial charge in [-0.2, -0.15) is 0 Å². The summed E-state index contributed by atoms with van der Waals surface area (Å²) in [7, 11) is 1.94. The highest BCUT2D eigenvalue weighted by molar-refractivity contribution is 7.71. The van der Waals surface area contributed by atoms with Crippen LogP contribution in [0.15, 0.2) is 30.3 Å². The number of benzene rings is 1. The molecule has 0 N–H and O–H groups in total. The van der Waals surface area contributed by atoms with E-state index in [9.17, 15) is 0 Å². The lowest BCUT2D eigenvalue weighted by atomic mass is 10.2. The van der Waals surface area contributed by atoms with Crippen molar-refractivity contribution in [3.05, 3.63) is 35.0 Å². The number of fused-ring (bicyclic) bond motifs is 1. The van der Waals surface area contributed by atoms with E-state index in [1.165, 1.54) is 0 Å². The summed E-state index contributed by atoms with van der Waals surface area (Å²) < 4.78 is 8.17. The fourth-order valence-electron chi connectivity index (χ4n) is 1.62. The van der Waals surface area contributed by atoms with Gasteiger partial charge in [0.15, 0.2) is 0 Å². The Morgan fingerprint density at radius 2 is 2.19 bits per heavy atom. The maximum absolute atomic E-state index is 5.49. The van der Waals surface area contributed by atoms with Crippen molar-refractivity contribution in [3.8, 4) is 18.1 Å². The minimum absolute atomic E-state index is 0.256. The van der Waals surface area contributed by atoms with Gasteiger partial charge >= 0.3 is 0 Å². The van der Waals surface area contributed by atoms with E-state index in [-0.39, 0.29) is 6.61 Å². The number of pyridine rings is 1. The van der Waals surface area contributed by atoms with Crippen LogP contribution in [0.4, 0.5) is 0 Å². The molecule has 1 aromatic carbocycles. The van der Waals surface area contributed by atoms with Gasteiger partial charge < -0.3 is 9.30 Å². The van der Waals surface area contributed by atoms with E-state index in [2.05, 4.69) is 5.92 Å². The third-order valence-electron chi connectivity index (χ3n) is 2.43. The van der Waals surface area contributed by atoms with Crippen LogP contribution in [0.2, 0.25) is 0 Å². The molecule has 3 heteroatoms. The number of ether oxygens (including phenoxy) is 1. The number of terminal acetylenes is 1. The van der Waals surface area contributed by atoms with E-state index >= 15 is 0 Å². The van der Waals surface area contributed by atoms with Gasteiger partial charge in [-0.05, 0) is 12.1 Å². The summed E-state index contributed by atoms with van der Waals surface area (Å²) >= 11 is 5.25. The fourth-order valence-corrected chi connectivity index (χ4v) is 1.82. The van der Waals surface area contributed by atoms with Gasteiger partial charge in [0.25, 0.3) is 0 Å². The zero-order valence-corrected chi connectivity index (χ0v) is 9.75. The molecule has 1 aromatic heterocycles. The molecule has 2 aromatic rings. The highest BCUT2D eigenvalue weighted by atomic mass is 32.1. The standard InChI is InChI=1S/C13H11NOS/c1-3-8-15-12-9-13(16)14(2)11-7-5-4-6-10(11)12/h1,4-7,9H,8H2,2H3. The zero-order chi connectivity index (χ0) is 11.5. The van der Waals surface area contributed by atoms with Gasteiger partial charge in [0.2, 0.25) is 0 Å². The second-order valence-electron chi connectivity index (χ2n) is 3.42. The zero-order valence-electron chi connectivity index (χ0n) is 8.93. The molecule has 0 radical (unpaired) electrons. The summed E-state index contributed by atoms with van der Waals surface area (Å²) in [6, 6.07) is 9.77. The monoisotopic (exact) mass is 229 g/mol. The first-order valence-corrected chi connectivity index (χ1v) is 5.30. The van der Waals surface area contributed by atoms with Crippen LogP contribution in [0.3, 0.4) is 0 Å². The predicted molar refractivity (Wildman–Crippen MR) is 68.1 cm³/mol. The average molecular weight is 229 g/mol. The van der Waals surface area contributed by atoms with Gasteiger partial charge in [0.05, 0.1) is 5.52 Å². The molecule has 0 aliphatic heterocycles. The number of rotatable bonds is 2. The van der Waals surface area contributed by atoms with E-state index in [4.69, 9.17) is 23.4 Å². The number of aromatic nitrogens is 1. The molecule has 16 heavy (non-hydrogen) atoms. The van der Waals surface area contributed by atoms with E-state index < -0.39 is 0 Å². The van der Waals surface area contributed by atoms with Gasteiger partial charge in [-0.25, -0.2) is 0 Å². The van der Waals surface area contributed by atoms with Crippen LogP contribution >= 0.6 is 12.2 Å². The molecule has 2 nitrogen and oxygen atoms in total. The minimum Gasteiger partial charge on any atom is -0.480 e. The molecule has 0 bridgehead atoms. The van der Waals surface area contributed by atoms with Gasteiger partial charge in [-0.3, -0.25) is 0 Å². The van der Waals surface area contributed by atoms with E-state index in [0.29, 0.717) is 0 Å². The molecule has 80 valence electrons. The normalized spacial score (nSPS) is 10.0. The predicted octanol–water partition coefficient (Wildman–Crippen LogP) is 2.92. The van der Waals surface area contributed by atoms with Crippen LogP contribution in [-0.4, -0.2) is 11.2 Å². The first kappa shape index (κ1) is 10.7. The molecule has 0 aliphatic carbocycles. The van der Waals surface area contributed by atoms with E-state index in [1.807, 2.05) is 41.9 Å². The Balaban J connectivity index is 2.71. The molecule has 0 saturated heterocycles. The summed E-state index contributed by atoms with van der Waals surface area (Å²) in [5, 5.41) is 1.02. The first-order valence-electron chi connectivity index (χ1n) is 4.89. The van der Waals surface area contributed by atoms with Crippen LogP contribution in [0, 0.1) is 17.0 Å². The SMILES string of the molecule is C#CCOc1cc(=S)n(C)c2ccccc12. The van der Waals surface area contributed by atoms with Crippen molar-refractivity contribution in [2.45, 2.75) is 0 Å². The Hall–Kier alpha value is -1.79. The van der Waals surface area contributed by atoms with Gasteiger partial charge in [-0.15, -0.1) is 6.42 Å². The minimum atomic E-state index is 0.256. The smallest absolute Gasteiger partial charge is 0.148 e. The number of hydrogen-bond acceptors (Lipinski definition) is 2. The molecular weight excluding hydrogens is 218 g/mol. The molecule has 0 aliphatic rings. The molecule has 0 saturated carbocycles. The van der Waals surface area contributed by atoms with Crippen molar-refractivity contribution in [2.24, 2.45) is 7.05 Å². The summed E-state index contributed by atoms with van der Waals surface area (Å²) in [5.41, 5.74) is 1.04. The summed E-state index contributed by atoms with van der Waals surface area (Å²) in [6.45, 7) is 0.256. The number of aryl methyl sites for hydroxylation is 1. The van der Waals surface area contributed by atoms with Gasteiger partial charge in [-0.1, -0.05) is 30.3 Å². The maximum atomic E-state index is 5.49. The lowest BCUT2D eigenvalue weighted by Crippen LogP contribution is -1.99. The molecule has 2 rings (SSSR count). The van der Waals surface area contributed by atoms with Crippen LogP contribution in [-0.2, 0) is 7.05 Å². The second-order valence-corrected chi connectivity index (χ2v) is 3.83. The van der Waals surface area contributed by atoms with Crippen molar-refractivity contribution in [1.29, 1.82) is 0 Å². The Morgan fingerprint density at radius 1 is 1.44 bits per heavy atom. The number of nitrogens with zero attached hydrogens (tertiary/aromatic N) is 1. The Bertz CT molecular complexity index is 622. The summed E-state index contributed by atoms with van der Waals surface area (Å²) in [6.07, 6.45) is 5.18. The van der Waals surface area contributed by atoms with Crippen LogP contribution in [0.1, 0.15) is 0 Å². The molecule has 0 atom stereocenters. The quantitative estimate of drug-likeness (QED) is 0.580. The van der Waals surface area contributed by atoms with Crippen molar-refractivity contribution in [1.82, 2.24) is 4.57 Å². The molecule has 0 unspecified atom stereocenters. The van der Waals surface area contributed by atoms with E-state index in [0.717, 1.165) is 21.3 Å². The average Bonchev–Trinajstić information content (AvgIpc) is 2.32. The van der Waals surface area contributed by atoms with Crippen molar-refractivity contribution >= 4 is 23.1 Å². The number of hydrogen-bond donors (Lipinski definition) is 0. The van der Waals surface area contributed by atoms with Crippen LogP contribution in [0.5, 0.6) is 5.75 Å². The molecular formula is C13H11NOS. The second kappa shape index (κ2) is 4.38. The van der Waals surface area contributed by atoms with Crippen molar-refractivity contribution < 1.29 is 4.74 Å².